The number of hydrogen-bond acceptors (Lipinski definition) is 4. The molecule has 0 saturated heterocycles. The highest BCUT2D eigenvalue weighted by Gasteiger charge is 2.34. The first-order valence-corrected chi connectivity index (χ1v) is 11.1. The molecule has 1 aromatic heterocycles. The highest BCUT2D eigenvalue weighted by atomic mass is 79.9. The largest absolute Gasteiger partial charge is 0.324 e. The van der Waals surface area contributed by atoms with Crippen LogP contribution in [0.1, 0.15) is 22.8 Å². The monoisotopic (exact) mass is 447 g/mol. The van der Waals surface area contributed by atoms with Crippen LogP contribution in [0.4, 0.5) is 5.69 Å². The maximum absolute atomic E-state index is 13.0. The van der Waals surface area contributed by atoms with Gasteiger partial charge in [0.2, 0.25) is 15.7 Å². The van der Waals surface area contributed by atoms with Crippen molar-refractivity contribution in [3.8, 4) is 0 Å². The van der Waals surface area contributed by atoms with Crippen molar-refractivity contribution in [2.45, 2.75) is 22.1 Å². The second-order valence-corrected chi connectivity index (χ2v) is 9.76. The summed E-state index contributed by atoms with van der Waals surface area (Å²) in [5.74, 6) is -0.315. The molecule has 0 spiro atoms. The third kappa shape index (κ3) is 3.00. The van der Waals surface area contributed by atoms with Crippen molar-refractivity contribution in [2.24, 2.45) is 0 Å². The number of rotatable bonds is 3. The lowest BCUT2D eigenvalue weighted by atomic mass is 9.91. The Morgan fingerprint density at radius 3 is 2.42 bits per heavy atom. The lowest BCUT2D eigenvalue weighted by Crippen LogP contribution is -2.23. The molecule has 7 heteroatoms. The third-order valence-electron chi connectivity index (χ3n) is 4.37. The minimum Gasteiger partial charge on any atom is -0.324 e. The number of benzene rings is 2. The molecule has 1 amide bonds. The predicted molar refractivity (Wildman–Crippen MR) is 105 cm³/mol. The molecule has 0 saturated carbocycles. The second-order valence-electron chi connectivity index (χ2n) is 6.01. The molecule has 1 atom stereocenters. The molecule has 0 fully saturated rings. The average Bonchev–Trinajstić information content (AvgIpc) is 3.07. The van der Waals surface area contributed by atoms with Crippen molar-refractivity contribution in [1.29, 1.82) is 0 Å². The van der Waals surface area contributed by atoms with Crippen LogP contribution >= 0.6 is 27.3 Å². The van der Waals surface area contributed by atoms with Gasteiger partial charge in [0.15, 0.2) is 0 Å². The van der Waals surface area contributed by atoms with Gasteiger partial charge in [-0.05, 0) is 29.8 Å². The predicted octanol–water partition coefficient (Wildman–Crippen LogP) is 4.82. The molecular weight excluding hydrogens is 434 g/mol. The number of thiophene rings is 1. The average molecular weight is 448 g/mol. The van der Waals surface area contributed by atoms with E-state index in [2.05, 4.69) is 21.2 Å². The minimum atomic E-state index is -3.68. The Morgan fingerprint density at radius 1 is 1.04 bits per heavy atom. The van der Waals surface area contributed by atoms with E-state index in [-0.39, 0.29) is 21.6 Å². The fourth-order valence-corrected chi connectivity index (χ4v) is 6.29. The lowest BCUT2D eigenvalue weighted by molar-refractivity contribution is -0.116. The molecule has 3 aromatic rings. The highest BCUT2D eigenvalue weighted by molar-refractivity contribution is 9.10. The van der Waals surface area contributed by atoms with E-state index >= 15 is 0 Å². The molecule has 1 N–H and O–H groups in total. The van der Waals surface area contributed by atoms with E-state index in [9.17, 15) is 13.2 Å². The van der Waals surface area contributed by atoms with Crippen LogP contribution in [0.2, 0.25) is 0 Å². The number of sulfone groups is 1. The Balaban J connectivity index is 1.83. The van der Waals surface area contributed by atoms with Gasteiger partial charge in [-0.1, -0.05) is 46.3 Å². The zero-order valence-corrected chi connectivity index (χ0v) is 16.7. The van der Waals surface area contributed by atoms with Crippen molar-refractivity contribution in [3.63, 3.8) is 0 Å². The van der Waals surface area contributed by atoms with Crippen LogP contribution in [0.5, 0.6) is 0 Å². The summed E-state index contributed by atoms with van der Waals surface area (Å²) < 4.78 is 27.0. The van der Waals surface area contributed by atoms with Gasteiger partial charge in [-0.2, -0.15) is 0 Å². The lowest BCUT2D eigenvalue weighted by Gasteiger charge is -2.23. The summed E-state index contributed by atoms with van der Waals surface area (Å²) in [5, 5.41) is 4.41. The summed E-state index contributed by atoms with van der Waals surface area (Å²) in [7, 11) is -3.68. The van der Waals surface area contributed by atoms with Gasteiger partial charge in [-0.25, -0.2) is 8.42 Å². The number of hydrogen-bond donors (Lipinski definition) is 1. The number of carbonyl (C=O) groups excluding carboxylic acids is 1. The van der Waals surface area contributed by atoms with Gasteiger partial charge in [-0.15, -0.1) is 11.3 Å². The van der Waals surface area contributed by atoms with Gasteiger partial charge in [0.25, 0.3) is 0 Å². The fraction of sp³-hybridized carbons (Fsp3) is 0.105. The van der Waals surface area contributed by atoms with Crippen LogP contribution in [0.15, 0.2) is 74.2 Å². The van der Waals surface area contributed by atoms with Gasteiger partial charge in [0.1, 0.15) is 4.90 Å². The van der Waals surface area contributed by atoms with E-state index in [1.807, 2.05) is 24.3 Å². The molecule has 0 aliphatic carbocycles. The van der Waals surface area contributed by atoms with Crippen molar-refractivity contribution >= 4 is 48.7 Å². The molecule has 4 nitrogen and oxygen atoms in total. The van der Waals surface area contributed by atoms with Crippen LogP contribution in [0.25, 0.3) is 0 Å². The molecule has 1 unspecified atom stereocenters. The zero-order valence-electron chi connectivity index (χ0n) is 13.5. The molecule has 26 heavy (non-hydrogen) atoms. The molecule has 0 bridgehead atoms. The quantitative estimate of drug-likeness (QED) is 0.625. The van der Waals surface area contributed by atoms with E-state index < -0.39 is 9.84 Å². The standard InChI is InChI=1S/C19H14BrNO3S2/c20-13-8-6-12(7-9-13)15-10-17(22)21-18-16(11-25-19(15)18)26(23,24)14-4-2-1-3-5-14/h1-9,11,15H,10H2,(H,21,22). The highest BCUT2D eigenvalue weighted by Crippen LogP contribution is 2.45. The maximum Gasteiger partial charge on any atom is 0.225 e. The van der Waals surface area contributed by atoms with E-state index in [0.717, 1.165) is 14.9 Å². The molecule has 2 heterocycles. The van der Waals surface area contributed by atoms with Gasteiger partial charge < -0.3 is 5.32 Å². The van der Waals surface area contributed by atoms with Gasteiger partial charge >= 0.3 is 0 Å². The molecule has 132 valence electrons. The molecule has 1 aliphatic heterocycles. The van der Waals surface area contributed by atoms with Gasteiger partial charge in [0.05, 0.1) is 10.6 Å². The number of halogens is 1. The smallest absolute Gasteiger partial charge is 0.225 e. The maximum atomic E-state index is 13.0. The Labute approximate surface area is 163 Å². The summed E-state index contributed by atoms with van der Waals surface area (Å²) >= 11 is 4.79. The van der Waals surface area contributed by atoms with Crippen LogP contribution in [-0.2, 0) is 14.6 Å². The number of carbonyl (C=O) groups is 1. The number of anilines is 1. The first-order valence-electron chi connectivity index (χ1n) is 7.93. The normalized spacial score (nSPS) is 16.8. The minimum absolute atomic E-state index is 0.142. The van der Waals surface area contributed by atoms with Gasteiger partial charge in [0, 0.05) is 27.1 Å². The first kappa shape index (κ1) is 17.5. The SMILES string of the molecule is O=C1CC(c2ccc(Br)cc2)c2scc(S(=O)(=O)c3ccccc3)c2N1. The number of nitrogens with one attached hydrogen (secondary N) is 1. The zero-order chi connectivity index (χ0) is 18.3. The number of amides is 1. The van der Waals surface area contributed by atoms with Crippen molar-refractivity contribution in [3.05, 3.63) is 74.9 Å². The Morgan fingerprint density at radius 2 is 1.73 bits per heavy atom. The van der Waals surface area contributed by atoms with Gasteiger partial charge in [-0.3, -0.25) is 4.79 Å². The van der Waals surface area contributed by atoms with Crippen molar-refractivity contribution in [1.82, 2.24) is 0 Å². The molecule has 1 aliphatic rings. The molecular formula is C19H14BrNO3S2. The molecule has 2 aromatic carbocycles. The Hall–Kier alpha value is -1.96. The Bertz CT molecular complexity index is 1070. The second kappa shape index (κ2) is 6.64. The van der Waals surface area contributed by atoms with E-state index in [0.29, 0.717) is 12.1 Å². The van der Waals surface area contributed by atoms with Crippen LogP contribution in [0.3, 0.4) is 0 Å². The summed E-state index contributed by atoms with van der Waals surface area (Å²) in [6.45, 7) is 0. The molecule has 4 rings (SSSR count). The van der Waals surface area contributed by atoms with Crippen molar-refractivity contribution < 1.29 is 13.2 Å². The van der Waals surface area contributed by atoms with E-state index in [1.165, 1.54) is 11.3 Å². The van der Waals surface area contributed by atoms with Crippen LogP contribution in [-0.4, -0.2) is 14.3 Å². The van der Waals surface area contributed by atoms with Crippen LogP contribution < -0.4 is 5.32 Å². The molecule has 0 radical (unpaired) electrons. The fourth-order valence-electron chi connectivity index (χ4n) is 3.09. The summed E-state index contributed by atoms with van der Waals surface area (Å²) in [6, 6.07) is 16.1. The van der Waals surface area contributed by atoms with E-state index in [1.54, 1.807) is 35.7 Å². The summed E-state index contributed by atoms with van der Waals surface area (Å²) in [4.78, 5) is 13.5. The topological polar surface area (TPSA) is 63.2 Å². The van der Waals surface area contributed by atoms with E-state index in [4.69, 9.17) is 0 Å². The Kier molecular flexibility index (Phi) is 4.46. The number of fused-ring (bicyclic) bond motifs is 1. The van der Waals surface area contributed by atoms with Crippen LogP contribution in [0, 0.1) is 0 Å². The summed E-state index contributed by atoms with van der Waals surface area (Å²) in [6.07, 6.45) is 0.306. The first-order chi connectivity index (χ1) is 12.5. The third-order valence-corrected chi connectivity index (χ3v) is 7.94. The van der Waals surface area contributed by atoms with Crippen molar-refractivity contribution in [2.75, 3.05) is 5.32 Å². The summed E-state index contributed by atoms with van der Waals surface area (Å²) in [5.41, 5.74) is 1.41.